The number of benzene rings is 1. The van der Waals surface area contributed by atoms with Gasteiger partial charge in [-0.3, -0.25) is 4.68 Å². The Balaban J connectivity index is 2.07. The summed E-state index contributed by atoms with van der Waals surface area (Å²) >= 11 is 1.88. The molecule has 21 heavy (non-hydrogen) atoms. The maximum Gasteiger partial charge on any atom is 0.0643 e. The second kappa shape index (κ2) is 7.66. The zero-order valence-corrected chi connectivity index (χ0v) is 14.2. The number of aromatic nitrogens is 2. The third-order valence-corrected chi connectivity index (χ3v) is 4.44. The van der Waals surface area contributed by atoms with E-state index in [0.717, 1.165) is 17.9 Å². The first-order valence-electron chi connectivity index (χ1n) is 7.58. The molecule has 0 saturated carbocycles. The minimum atomic E-state index is 0.307. The molecule has 114 valence electrons. The molecule has 4 heteroatoms. The third kappa shape index (κ3) is 4.35. The fourth-order valence-corrected chi connectivity index (χ4v) is 2.99. The molecule has 0 aliphatic carbocycles. The molecule has 0 spiro atoms. The predicted octanol–water partition coefficient (Wildman–Crippen LogP) is 4.08. The lowest BCUT2D eigenvalue weighted by atomic mass is 10.0. The van der Waals surface area contributed by atoms with Crippen LogP contribution < -0.4 is 5.32 Å². The van der Waals surface area contributed by atoms with Crippen LogP contribution in [-0.4, -0.2) is 22.6 Å². The van der Waals surface area contributed by atoms with Crippen molar-refractivity contribution in [2.24, 2.45) is 0 Å². The van der Waals surface area contributed by atoms with E-state index in [1.54, 1.807) is 0 Å². The van der Waals surface area contributed by atoms with E-state index in [2.05, 4.69) is 67.7 Å². The van der Waals surface area contributed by atoms with Crippen LogP contribution in [0.2, 0.25) is 0 Å². The lowest BCUT2D eigenvalue weighted by molar-refractivity contribution is 0.515. The first kappa shape index (κ1) is 16.1. The Bertz CT molecular complexity index is 545. The largest absolute Gasteiger partial charge is 0.313 e. The fourth-order valence-electron chi connectivity index (χ4n) is 2.33. The molecule has 1 atom stereocenters. The van der Waals surface area contributed by atoms with Gasteiger partial charge >= 0.3 is 0 Å². The van der Waals surface area contributed by atoms with E-state index in [1.165, 1.54) is 10.5 Å². The van der Waals surface area contributed by atoms with Gasteiger partial charge in [-0.25, -0.2) is 0 Å². The monoisotopic (exact) mass is 303 g/mol. The van der Waals surface area contributed by atoms with Crippen LogP contribution in [0.15, 0.2) is 41.4 Å². The summed E-state index contributed by atoms with van der Waals surface area (Å²) in [6, 6.07) is 11.7. The van der Waals surface area contributed by atoms with E-state index < -0.39 is 0 Å². The Hall–Kier alpha value is -1.26. The van der Waals surface area contributed by atoms with Crippen LogP contribution in [0.4, 0.5) is 0 Å². The van der Waals surface area contributed by atoms with Gasteiger partial charge in [0.15, 0.2) is 0 Å². The summed E-state index contributed by atoms with van der Waals surface area (Å²) in [5.41, 5.74) is 2.45. The smallest absolute Gasteiger partial charge is 0.0643 e. The number of nitrogens with one attached hydrogen (secondary N) is 1. The molecule has 1 N–H and O–H groups in total. The third-order valence-electron chi connectivity index (χ3n) is 3.55. The van der Waals surface area contributed by atoms with Crippen LogP contribution in [0.3, 0.4) is 0 Å². The Labute approximate surface area is 132 Å². The second-order valence-corrected chi connectivity index (χ2v) is 6.77. The highest BCUT2D eigenvalue weighted by molar-refractivity contribution is 7.99. The first-order chi connectivity index (χ1) is 10.1. The quantitative estimate of drug-likeness (QED) is 0.782. The SMILES string of the molecule is CCSc1ccc(C(Cc2ccn(C(C)C)n2)NC)cc1. The average molecular weight is 303 g/mol. The maximum atomic E-state index is 4.64. The van der Waals surface area contributed by atoms with Crippen LogP contribution in [0.5, 0.6) is 0 Å². The van der Waals surface area contributed by atoms with E-state index in [4.69, 9.17) is 0 Å². The van der Waals surface area contributed by atoms with Crippen molar-refractivity contribution in [1.29, 1.82) is 0 Å². The van der Waals surface area contributed by atoms with Crippen molar-refractivity contribution in [3.63, 3.8) is 0 Å². The van der Waals surface area contributed by atoms with Crippen LogP contribution >= 0.6 is 11.8 Å². The van der Waals surface area contributed by atoms with Gasteiger partial charge in [-0.05, 0) is 50.4 Å². The van der Waals surface area contributed by atoms with Crippen LogP contribution in [0.1, 0.15) is 44.1 Å². The Kier molecular flexibility index (Phi) is 5.88. The molecule has 0 bridgehead atoms. The number of hydrogen-bond donors (Lipinski definition) is 1. The van der Waals surface area contributed by atoms with Crippen molar-refractivity contribution >= 4 is 11.8 Å². The van der Waals surface area contributed by atoms with Crippen LogP contribution in [0, 0.1) is 0 Å². The summed E-state index contributed by atoms with van der Waals surface area (Å²) in [4.78, 5) is 1.33. The molecule has 2 rings (SSSR count). The highest BCUT2D eigenvalue weighted by atomic mass is 32.2. The zero-order valence-electron chi connectivity index (χ0n) is 13.3. The number of likely N-dealkylation sites (N-methyl/N-ethyl adjacent to an activating group) is 1. The number of rotatable bonds is 7. The topological polar surface area (TPSA) is 29.9 Å². The van der Waals surface area contributed by atoms with Gasteiger partial charge in [0.25, 0.3) is 0 Å². The number of hydrogen-bond acceptors (Lipinski definition) is 3. The van der Waals surface area contributed by atoms with Crippen molar-refractivity contribution < 1.29 is 0 Å². The predicted molar refractivity (Wildman–Crippen MR) is 91.0 cm³/mol. The molecule has 3 nitrogen and oxygen atoms in total. The summed E-state index contributed by atoms with van der Waals surface area (Å²) in [7, 11) is 2.01. The number of nitrogens with zero attached hydrogens (tertiary/aromatic N) is 2. The Morgan fingerprint density at radius 2 is 1.90 bits per heavy atom. The zero-order chi connectivity index (χ0) is 15.2. The van der Waals surface area contributed by atoms with Crippen molar-refractivity contribution in [3.8, 4) is 0 Å². The minimum absolute atomic E-state index is 0.307. The van der Waals surface area contributed by atoms with E-state index in [0.29, 0.717) is 12.1 Å². The molecule has 0 saturated heterocycles. The van der Waals surface area contributed by atoms with Crippen molar-refractivity contribution in [3.05, 3.63) is 47.8 Å². The van der Waals surface area contributed by atoms with E-state index in [-0.39, 0.29) is 0 Å². The summed E-state index contributed by atoms with van der Waals surface area (Å²) in [6.45, 7) is 6.48. The summed E-state index contributed by atoms with van der Waals surface area (Å²) in [5.74, 6) is 1.11. The van der Waals surface area contributed by atoms with Crippen molar-refractivity contribution in [1.82, 2.24) is 15.1 Å². The summed E-state index contributed by atoms with van der Waals surface area (Å²) < 4.78 is 2.02. The molecule has 0 aliphatic heterocycles. The molecule has 1 heterocycles. The molecule has 0 amide bonds. The highest BCUT2D eigenvalue weighted by Gasteiger charge is 2.12. The molecule has 0 aliphatic rings. The van der Waals surface area contributed by atoms with Gasteiger partial charge in [-0.15, -0.1) is 11.8 Å². The van der Waals surface area contributed by atoms with E-state index >= 15 is 0 Å². The lowest BCUT2D eigenvalue weighted by Gasteiger charge is -2.16. The van der Waals surface area contributed by atoms with Crippen LogP contribution in [-0.2, 0) is 6.42 Å². The molecule has 0 fully saturated rings. The molecular weight excluding hydrogens is 278 g/mol. The van der Waals surface area contributed by atoms with Gasteiger partial charge in [-0.1, -0.05) is 19.1 Å². The first-order valence-corrected chi connectivity index (χ1v) is 8.56. The normalized spacial score (nSPS) is 12.8. The maximum absolute atomic E-state index is 4.64. The second-order valence-electron chi connectivity index (χ2n) is 5.43. The van der Waals surface area contributed by atoms with E-state index in [1.807, 2.05) is 23.5 Å². The highest BCUT2D eigenvalue weighted by Crippen LogP contribution is 2.22. The van der Waals surface area contributed by atoms with Gasteiger partial charge in [-0.2, -0.15) is 5.10 Å². The molecular formula is C17H25N3S. The summed E-state index contributed by atoms with van der Waals surface area (Å²) in [6.07, 6.45) is 2.98. The molecule has 1 aromatic carbocycles. The van der Waals surface area contributed by atoms with E-state index in [9.17, 15) is 0 Å². The lowest BCUT2D eigenvalue weighted by Crippen LogP contribution is -2.19. The molecule has 2 aromatic rings. The van der Waals surface area contributed by atoms with Gasteiger partial charge < -0.3 is 5.32 Å². The molecule has 1 aromatic heterocycles. The minimum Gasteiger partial charge on any atom is -0.313 e. The average Bonchev–Trinajstić information content (AvgIpc) is 2.95. The number of thioether (sulfide) groups is 1. The molecule has 0 radical (unpaired) electrons. The Morgan fingerprint density at radius 1 is 1.19 bits per heavy atom. The van der Waals surface area contributed by atoms with Crippen molar-refractivity contribution in [2.75, 3.05) is 12.8 Å². The van der Waals surface area contributed by atoms with Gasteiger partial charge in [0.05, 0.1) is 5.69 Å². The molecule has 1 unspecified atom stereocenters. The Morgan fingerprint density at radius 3 is 2.43 bits per heavy atom. The van der Waals surface area contributed by atoms with Crippen molar-refractivity contribution in [2.45, 2.75) is 44.2 Å². The van der Waals surface area contributed by atoms with Gasteiger partial charge in [0, 0.05) is 29.6 Å². The van der Waals surface area contributed by atoms with Crippen LogP contribution in [0.25, 0.3) is 0 Å². The standard InChI is InChI=1S/C17H25N3S/c1-5-21-16-8-6-14(7-9-16)17(18-4)12-15-10-11-20(19-15)13(2)3/h6-11,13,17-18H,5,12H2,1-4H3. The van der Waals surface area contributed by atoms with Gasteiger partial charge in [0.2, 0.25) is 0 Å². The summed E-state index contributed by atoms with van der Waals surface area (Å²) in [5, 5.41) is 8.04. The fraction of sp³-hybridized carbons (Fsp3) is 0.471. The van der Waals surface area contributed by atoms with Gasteiger partial charge in [0.1, 0.15) is 0 Å².